The summed E-state index contributed by atoms with van der Waals surface area (Å²) in [4.78, 5) is 30.3. The van der Waals surface area contributed by atoms with E-state index in [0.717, 1.165) is 38.9 Å². The van der Waals surface area contributed by atoms with Crippen molar-refractivity contribution in [1.82, 2.24) is 39.0 Å². The predicted octanol–water partition coefficient (Wildman–Crippen LogP) is 24.6. The first-order valence-corrected chi connectivity index (χ1v) is 48.8. The molecule has 17 aromatic carbocycles. The molecule has 4 aliphatic heterocycles. The van der Waals surface area contributed by atoms with Gasteiger partial charge in [0, 0.05) is 54.9 Å². The van der Waals surface area contributed by atoms with Crippen LogP contribution in [0.25, 0.3) is 157 Å². The number of rotatable bonds is 9. The Balaban J connectivity index is 0.000000140. The third-order valence-corrected chi connectivity index (χ3v) is 34.2. The van der Waals surface area contributed by atoms with Gasteiger partial charge in [-0.15, -0.1) is 0 Å². The molecule has 21 aromatic rings. The van der Waals surface area contributed by atoms with Gasteiger partial charge in [0.25, 0.3) is 0 Å². The molecule has 2 spiro atoms. The lowest BCUT2D eigenvalue weighted by atomic mass is 9.62. The Morgan fingerprint density at radius 3 is 0.815 bits per heavy atom. The summed E-state index contributed by atoms with van der Waals surface area (Å²) >= 11 is 0. The minimum Gasteiger partial charge on any atom is -0.309 e. The third-order valence-electron chi connectivity index (χ3n) is 27.0. The van der Waals surface area contributed by atoms with Crippen molar-refractivity contribution in [3.8, 4) is 113 Å². The molecule has 10 heteroatoms. The van der Waals surface area contributed by atoms with Gasteiger partial charge in [0.2, 0.25) is 0 Å². The number of hydrogen-bond acceptors (Lipinski definition) is 6. The van der Waals surface area contributed by atoms with Crippen LogP contribution in [0.2, 0.25) is 26.2 Å². The second kappa shape index (κ2) is 28.2. The first-order valence-electron chi connectivity index (χ1n) is 42.8. The van der Waals surface area contributed by atoms with Gasteiger partial charge in [-0.05, 0) is 123 Å². The highest BCUT2D eigenvalue weighted by atomic mass is 28.3. The van der Waals surface area contributed by atoms with Crippen molar-refractivity contribution >= 4 is 80.5 Å². The molecule has 124 heavy (non-hydrogen) atoms. The van der Waals surface area contributed by atoms with E-state index >= 15 is 0 Å². The van der Waals surface area contributed by atoms with Crippen LogP contribution >= 0.6 is 0 Å². The van der Waals surface area contributed by atoms with Gasteiger partial charge >= 0.3 is 0 Å². The van der Waals surface area contributed by atoms with E-state index in [1.165, 1.54) is 148 Å². The lowest BCUT2D eigenvalue weighted by Crippen LogP contribution is -2.64. The van der Waals surface area contributed by atoms with Crippen LogP contribution in [0.15, 0.2) is 413 Å². The Morgan fingerprint density at radius 2 is 0.444 bits per heavy atom. The molecule has 8 heterocycles. The summed E-state index contributed by atoms with van der Waals surface area (Å²) in [6.45, 7) is 10.2. The maximum Gasteiger partial charge on any atom is 0.164 e. The smallest absolute Gasteiger partial charge is 0.164 e. The van der Waals surface area contributed by atoms with Crippen LogP contribution in [0.3, 0.4) is 0 Å². The second-order valence-corrected chi connectivity index (χ2v) is 42.8. The minimum atomic E-state index is -2.33. The maximum absolute atomic E-state index is 5.14. The average molecular weight is 1620 g/mol. The Hall–Kier alpha value is -15.2. The number of nitrogens with zero attached hydrogens (tertiary/aromatic N) is 8. The van der Waals surface area contributed by atoms with E-state index in [-0.39, 0.29) is 0 Å². The monoisotopic (exact) mass is 1620 g/mol. The number of hydrogen-bond donors (Lipinski definition) is 0. The Kier molecular flexibility index (Phi) is 16.6. The zero-order chi connectivity index (χ0) is 82.6. The highest BCUT2D eigenvalue weighted by molar-refractivity contribution is 7.03. The van der Waals surface area contributed by atoms with Crippen LogP contribution in [-0.2, 0) is 10.8 Å². The van der Waals surface area contributed by atoms with Crippen molar-refractivity contribution < 1.29 is 0 Å². The number of fused-ring (bicyclic) bond motifs is 22. The molecule has 0 aliphatic carbocycles. The number of aromatic nitrogens is 8. The Labute approximate surface area is 721 Å². The molecule has 0 radical (unpaired) electrons. The number of para-hydroxylation sites is 6. The molecule has 2 atom stereocenters. The van der Waals surface area contributed by atoms with Gasteiger partial charge in [-0.2, -0.15) is 0 Å². The largest absolute Gasteiger partial charge is 0.309 e. The molecular weight excluding hydrogens is 1540 g/mol. The van der Waals surface area contributed by atoms with Gasteiger partial charge in [-0.25, -0.2) is 29.9 Å². The fraction of sp³-hybridized carbons (Fsp3) is 0.0526. The van der Waals surface area contributed by atoms with E-state index in [9.17, 15) is 0 Å². The zero-order valence-corrected chi connectivity index (χ0v) is 70.8. The Morgan fingerprint density at radius 1 is 0.194 bits per heavy atom. The molecule has 2 unspecified atom stereocenters. The molecule has 584 valence electrons. The van der Waals surface area contributed by atoms with Gasteiger partial charge in [0.15, 0.2) is 34.9 Å². The number of benzene rings is 17. The molecule has 0 saturated carbocycles. The van der Waals surface area contributed by atoms with E-state index < -0.39 is 27.0 Å². The lowest BCUT2D eigenvalue weighted by Gasteiger charge is -2.50. The van der Waals surface area contributed by atoms with Gasteiger partial charge in [-0.3, -0.25) is 0 Å². The second-order valence-electron chi connectivity index (χ2n) is 34.2. The minimum absolute atomic E-state index is 0.516. The summed E-state index contributed by atoms with van der Waals surface area (Å²) in [5.41, 5.74) is 30.4. The van der Waals surface area contributed by atoms with E-state index in [1.54, 1.807) is 0 Å². The highest BCUT2D eigenvalue weighted by Gasteiger charge is 2.56. The molecule has 4 aromatic heterocycles. The quantitative estimate of drug-likeness (QED) is 0.134. The van der Waals surface area contributed by atoms with Crippen molar-refractivity contribution in [3.05, 3.63) is 457 Å². The molecular formula is C114H80N8Si2. The first kappa shape index (κ1) is 72.8. The van der Waals surface area contributed by atoms with Crippen LogP contribution in [0, 0.1) is 0 Å². The lowest BCUT2D eigenvalue weighted by molar-refractivity contribution is 0.732. The van der Waals surface area contributed by atoms with Crippen molar-refractivity contribution in [2.45, 2.75) is 37.0 Å². The summed E-state index contributed by atoms with van der Waals surface area (Å²) in [6, 6.07) is 150. The molecule has 8 nitrogen and oxygen atoms in total. The third kappa shape index (κ3) is 10.8. The van der Waals surface area contributed by atoms with Crippen molar-refractivity contribution in [3.63, 3.8) is 0 Å². The summed E-state index contributed by atoms with van der Waals surface area (Å²) in [5.74, 6) is 3.92. The van der Waals surface area contributed by atoms with Crippen LogP contribution in [0.4, 0.5) is 0 Å². The fourth-order valence-electron chi connectivity index (χ4n) is 21.7. The van der Waals surface area contributed by atoms with Gasteiger partial charge < -0.3 is 9.13 Å². The highest BCUT2D eigenvalue weighted by Crippen LogP contribution is 2.58. The molecule has 0 fully saturated rings. The van der Waals surface area contributed by atoms with Crippen molar-refractivity contribution in [2.24, 2.45) is 0 Å². The normalized spacial score (nSPS) is 15.6. The van der Waals surface area contributed by atoms with E-state index in [1.807, 2.05) is 60.7 Å². The van der Waals surface area contributed by atoms with Gasteiger partial charge in [0.1, 0.15) is 16.1 Å². The van der Waals surface area contributed by atoms with E-state index in [0.29, 0.717) is 34.9 Å². The van der Waals surface area contributed by atoms with E-state index in [4.69, 9.17) is 29.9 Å². The topological polar surface area (TPSA) is 87.2 Å². The molecule has 0 amide bonds. The van der Waals surface area contributed by atoms with Crippen molar-refractivity contribution in [2.75, 3.05) is 0 Å². The molecule has 25 rings (SSSR count). The van der Waals surface area contributed by atoms with Crippen molar-refractivity contribution in [1.29, 1.82) is 0 Å². The predicted molar refractivity (Wildman–Crippen MR) is 514 cm³/mol. The fourth-order valence-corrected chi connectivity index (χ4v) is 28.9. The average Bonchev–Trinajstić information content (AvgIpc) is 1.19. The molecule has 4 aliphatic rings. The van der Waals surface area contributed by atoms with E-state index in [2.05, 4.69) is 387 Å². The van der Waals surface area contributed by atoms with Gasteiger partial charge in [-0.1, -0.05) is 414 Å². The Bertz CT molecular complexity index is 7840. The molecule has 0 saturated heterocycles. The van der Waals surface area contributed by atoms with Crippen LogP contribution in [0.5, 0.6) is 0 Å². The van der Waals surface area contributed by atoms with Crippen LogP contribution in [-0.4, -0.2) is 55.2 Å². The zero-order valence-electron chi connectivity index (χ0n) is 68.8. The summed E-state index contributed by atoms with van der Waals surface area (Å²) < 4.78 is 5.05. The summed E-state index contributed by atoms with van der Waals surface area (Å²) in [5, 5.41) is 11.1. The molecule has 0 bridgehead atoms. The van der Waals surface area contributed by atoms with Crippen LogP contribution < -0.4 is 20.7 Å². The molecule has 0 N–H and O–H groups in total. The maximum atomic E-state index is 5.14. The first-order chi connectivity index (χ1) is 61.0. The summed E-state index contributed by atoms with van der Waals surface area (Å²) in [6.07, 6.45) is 0. The standard InChI is InChI=1S/C60H42N4Si.C54H38N4Si/c1-65(2)54-30-14-11-25-49(54)60(48-24-10-13-29-53(48)64-52-28-12-9-21-46(52)47-23-16-26-50(60)55(47)64)51-27-15-22-45(56(51)65)41-33-37-44(38-34-41)59-62-57(42-19-7-4-8-20-42)61-58(63-59)43-35-31-40(32-36-43)39-17-5-3-6-18-39;1-59(2)48-30-14-11-25-43(48)54(42-24-10-13-29-47(42)58-46-28-12-9-21-40(46)41-23-16-26-44(54)49(41)58)45-27-15-22-39(50(45)59)35-31-33-38(34-32-35)53-56-51(36-17-5-3-6-18-36)55-52(57-53)37-19-7-4-8-20-37/h3-38H,1-2H3;3-34H,1-2H3. The van der Waals surface area contributed by atoms with Gasteiger partial charge in [0.05, 0.1) is 44.3 Å². The van der Waals surface area contributed by atoms with Crippen LogP contribution in [0.1, 0.15) is 44.5 Å². The SMILES string of the molecule is C[Si]1(C)c2ccccc2C2(c3ccccc3-n3c4ccccc4c4cccc2c43)c2cccc(-c3ccc(-c4nc(-c5ccccc5)nc(-c5ccc(-c6ccccc6)cc5)n4)cc3)c21.C[Si]1(C)c2ccccc2C2(c3ccccc3-n3c4ccccc4c4cccc2c43)c2cccc(-c3ccc(-c4nc(-c5ccccc5)nc(-c5ccccc5)n4)cc3)c21. The summed E-state index contributed by atoms with van der Waals surface area (Å²) in [7, 11) is -4.63.